The van der Waals surface area contributed by atoms with Gasteiger partial charge < -0.3 is 14.5 Å². The SMILES string of the molecule is Cc1cc(C)c2c(CC(=O)NC[C@@H]3CN(S(C)(=O)=O)CCO3)coc2c1. The highest BCUT2D eigenvalue weighted by atomic mass is 32.2. The molecule has 26 heavy (non-hydrogen) atoms. The topological polar surface area (TPSA) is 88.9 Å². The van der Waals surface area contributed by atoms with Crippen LogP contribution in [0.4, 0.5) is 0 Å². The molecule has 0 aliphatic carbocycles. The molecule has 8 heteroatoms. The molecule has 1 aliphatic heterocycles. The molecule has 1 N–H and O–H groups in total. The molecular formula is C18H24N2O5S. The van der Waals surface area contributed by atoms with Gasteiger partial charge in [0.25, 0.3) is 0 Å². The van der Waals surface area contributed by atoms with Gasteiger partial charge in [0.05, 0.1) is 31.7 Å². The molecule has 3 rings (SSSR count). The Morgan fingerprint density at radius 1 is 1.35 bits per heavy atom. The summed E-state index contributed by atoms with van der Waals surface area (Å²) in [5.74, 6) is -0.146. The molecule has 1 amide bonds. The molecule has 1 aromatic heterocycles. The first-order valence-electron chi connectivity index (χ1n) is 8.55. The summed E-state index contributed by atoms with van der Waals surface area (Å²) in [4.78, 5) is 12.3. The number of aryl methyl sites for hydroxylation is 2. The number of benzene rings is 1. The molecule has 2 heterocycles. The lowest BCUT2D eigenvalue weighted by molar-refractivity contribution is -0.121. The average Bonchev–Trinajstić information content (AvgIpc) is 2.95. The van der Waals surface area contributed by atoms with E-state index in [0.29, 0.717) is 13.2 Å². The number of nitrogens with zero attached hydrogens (tertiary/aromatic N) is 1. The smallest absolute Gasteiger partial charge is 0.224 e. The van der Waals surface area contributed by atoms with Crippen molar-refractivity contribution >= 4 is 26.9 Å². The third-order valence-corrected chi connectivity index (χ3v) is 5.81. The normalized spacial score (nSPS) is 19.0. The van der Waals surface area contributed by atoms with E-state index < -0.39 is 10.0 Å². The number of carbonyl (C=O) groups excluding carboxylic acids is 1. The first kappa shape index (κ1) is 18.9. The van der Waals surface area contributed by atoms with Crippen LogP contribution >= 0.6 is 0 Å². The van der Waals surface area contributed by atoms with E-state index in [2.05, 4.69) is 11.4 Å². The summed E-state index contributed by atoms with van der Waals surface area (Å²) >= 11 is 0. The van der Waals surface area contributed by atoms with Gasteiger partial charge in [-0.1, -0.05) is 6.07 Å². The maximum atomic E-state index is 12.3. The van der Waals surface area contributed by atoms with Crippen LogP contribution in [0.2, 0.25) is 0 Å². The molecule has 0 radical (unpaired) electrons. The van der Waals surface area contributed by atoms with Crippen LogP contribution in [0.1, 0.15) is 16.7 Å². The third kappa shape index (κ3) is 4.25. The zero-order chi connectivity index (χ0) is 18.9. The first-order valence-corrected chi connectivity index (χ1v) is 10.4. The van der Waals surface area contributed by atoms with Gasteiger partial charge in [0.15, 0.2) is 0 Å². The molecule has 2 aromatic rings. The summed E-state index contributed by atoms with van der Waals surface area (Å²) in [5.41, 5.74) is 3.82. The van der Waals surface area contributed by atoms with E-state index in [0.717, 1.165) is 27.7 Å². The lowest BCUT2D eigenvalue weighted by atomic mass is 10.0. The number of furan rings is 1. The van der Waals surface area contributed by atoms with Gasteiger partial charge in [0, 0.05) is 30.6 Å². The number of carbonyl (C=O) groups is 1. The van der Waals surface area contributed by atoms with E-state index in [9.17, 15) is 13.2 Å². The van der Waals surface area contributed by atoms with Gasteiger partial charge in [-0.15, -0.1) is 0 Å². The van der Waals surface area contributed by atoms with Crippen molar-refractivity contribution in [2.45, 2.75) is 26.4 Å². The number of nitrogens with one attached hydrogen (secondary N) is 1. The van der Waals surface area contributed by atoms with Crippen molar-refractivity contribution in [1.82, 2.24) is 9.62 Å². The Bertz CT molecular complexity index is 919. The Hall–Kier alpha value is -1.90. The van der Waals surface area contributed by atoms with Crippen LogP contribution in [-0.2, 0) is 26.0 Å². The number of fused-ring (bicyclic) bond motifs is 1. The van der Waals surface area contributed by atoms with Crippen LogP contribution in [0.15, 0.2) is 22.8 Å². The quantitative estimate of drug-likeness (QED) is 0.846. The van der Waals surface area contributed by atoms with Crippen molar-refractivity contribution in [3.63, 3.8) is 0 Å². The summed E-state index contributed by atoms with van der Waals surface area (Å²) < 4.78 is 35.8. The number of morpholine rings is 1. The summed E-state index contributed by atoms with van der Waals surface area (Å²) in [5, 5.41) is 3.81. The van der Waals surface area contributed by atoms with Crippen molar-refractivity contribution in [1.29, 1.82) is 0 Å². The Morgan fingerprint density at radius 3 is 2.85 bits per heavy atom. The zero-order valence-electron chi connectivity index (χ0n) is 15.2. The van der Waals surface area contributed by atoms with Gasteiger partial charge in [-0.3, -0.25) is 4.79 Å². The highest BCUT2D eigenvalue weighted by Crippen LogP contribution is 2.26. The molecule has 0 unspecified atom stereocenters. The Labute approximate surface area is 153 Å². The van der Waals surface area contributed by atoms with Crippen LogP contribution in [-0.4, -0.2) is 57.2 Å². The van der Waals surface area contributed by atoms with Gasteiger partial charge in [-0.05, 0) is 31.0 Å². The highest BCUT2D eigenvalue weighted by Gasteiger charge is 2.26. The second-order valence-corrected chi connectivity index (χ2v) is 8.79. The highest BCUT2D eigenvalue weighted by molar-refractivity contribution is 7.88. The molecule has 1 aromatic carbocycles. The number of ether oxygens (including phenoxy) is 1. The molecule has 1 fully saturated rings. The molecule has 142 valence electrons. The van der Waals surface area contributed by atoms with Gasteiger partial charge in [0.1, 0.15) is 5.58 Å². The van der Waals surface area contributed by atoms with Crippen LogP contribution in [0.3, 0.4) is 0 Å². The number of sulfonamides is 1. The van der Waals surface area contributed by atoms with Gasteiger partial charge in [0.2, 0.25) is 15.9 Å². The fourth-order valence-electron chi connectivity index (χ4n) is 3.34. The maximum Gasteiger partial charge on any atom is 0.224 e. The molecule has 1 atom stereocenters. The Morgan fingerprint density at radius 2 is 2.12 bits per heavy atom. The van der Waals surface area contributed by atoms with E-state index in [1.807, 2.05) is 19.9 Å². The number of amides is 1. The lowest BCUT2D eigenvalue weighted by Crippen LogP contribution is -2.49. The molecular weight excluding hydrogens is 356 g/mol. The lowest BCUT2D eigenvalue weighted by Gasteiger charge is -2.31. The number of hydrogen-bond acceptors (Lipinski definition) is 5. The van der Waals surface area contributed by atoms with Crippen molar-refractivity contribution in [2.75, 3.05) is 32.5 Å². The van der Waals surface area contributed by atoms with Crippen molar-refractivity contribution in [3.8, 4) is 0 Å². The van der Waals surface area contributed by atoms with Crippen molar-refractivity contribution in [3.05, 3.63) is 35.1 Å². The second-order valence-electron chi connectivity index (χ2n) is 6.81. The zero-order valence-corrected chi connectivity index (χ0v) is 16.1. The summed E-state index contributed by atoms with van der Waals surface area (Å²) in [6, 6.07) is 4.02. The maximum absolute atomic E-state index is 12.3. The first-order chi connectivity index (χ1) is 12.2. The fraction of sp³-hybridized carbons (Fsp3) is 0.500. The van der Waals surface area contributed by atoms with E-state index in [1.54, 1.807) is 6.26 Å². The Kier molecular flexibility index (Phi) is 5.36. The predicted molar refractivity (Wildman–Crippen MR) is 98.6 cm³/mol. The minimum absolute atomic E-state index is 0.146. The van der Waals surface area contributed by atoms with E-state index in [4.69, 9.17) is 9.15 Å². The summed E-state index contributed by atoms with van der Waals surface area (Å²) in [7, 11) is -3.24. The second kappa shape index (κ2) is 7.38. The minimum atomic E-state index is -3.24. The van der Waals surface area contributed by atoms with Crippen molar-refractivity contribution in [2.24, 2.45) is 0 Å². The van der Waals surface area contributed by atoms with Crippen LogP contribution in [0.25, 0.3) is 11.0 Å². The molecule has 1 aliphatic rings. The van der Waals surface area contributed by atoms with Crippen molar-refractivity contribution < 1.29 is 22.4 Å². The summed E-state index contributed by atoms with van der Waals surface area (Å²) in [6.07, 6.45) is 2.67. The van der Waals surface area contributed by atoms with Gasteiger partial charge in [-0.2, -0.15) is 4.31 Å². The summed E-state index contributed by atoms with van der Waals surface area (Å²) in [6.45, 7) is 5.22. The standard InChI is InChI=1S/C18H24N2O5S/c1-12-6-13(2)18-14(11-25-16(18)7-12)8-17(21)19-9-15-10-20(4-5-24-15)26(3,22)23/h6-7,11,15H,4-5,8-10H2,1-3H3,(H,19,21)/t15-/m1/s1. The van der Waals surface area contributed by atoms with Gasteiger partial charge in [-0.25, -0.2) is 8.42 Å². The van der Waals surface area contributed by atoms with Crippen LogP contribution < -0.4 is 5.32 Å². The van der Waals surface area contributed by atoms with Crippen LogP contribution in [0.5, 0.6) is 0 Å². The van der Waals surface area contributed by atoms with E-state index in [1.165, 1.54) is 10.6 Å². The average molecular weight is 380 g/mol. The number of hydrogen-bond donors (Lipinski definition) is 1. The molecule has 0 saturated carbocycles. The molecule has 0 bridgehead atoms. The monoisotopic (exact) mass is 380 g/mol. The van der Waals surface area contributed by atoms with E-state index >= 15 is 0 Å². The number of rotatable bonds is 5. The molecule has 0 spiro atoms. The largest absolute Gasteiger partial charge is 0.464 e. The fourth-order valence-corrected chi connectivity index (χ4v) is 4.18. The van der Waals surface area contributed by atoms with Crippen LogP contribution in [0, 0.1) is 13.8 Å². The predicted octanol–water partition coefficient (Wildman–Crippen LogP) is 1.37. The van der Waals surface area contributed by atoms with Gasteiger partial charge >= 0.3 is 0 Å². The minimum Gasteiger partial charge on any atom is -0.464 e. The van der Waals surface area contributed by atoms with E-state index in [-0.39, 0.29) is 31.5 Å². The molecule has 1 saturated heterocycles. The molecule has 7 nitrogen and oxygen atoms in total. The Balaban J connectivity index is 1.60. The third-order valence-electron chi connectivity index (χ3n) is 4.54.